The van der Waals surface area contributed by atoms with E-state index in [1.165, 1.54) is 0 Å². The van der Waals surface area contributed by atoms with Gasteiger partial charge in [-0.3, -0.25) is 9.78 Å². The van der Waals surface area contributed by atoms with Gasteiger partial charge in [0.15, 0.2) is 5.78 Å². The minimum atomic E-state index is 0.135. The molecule has 0 aliphatic carbocycles. The van der Waals surface area contributed by atoms with Crippen molar-refractivity contribution in [2.45, 2.75) is 19.8 Å². The monoisotopic (exact) mass is 178 g/mol. The van der Waals surface area contributed by atoms with Crippen LogP contribution in [0.4, 0.5) is 0 Å². The van der Waals surface area contributed by atoms with E-state index in [0.29, 0.717) is 13.0 Å². The Balaban J connectivity index is 2.71. The zero-order valence-corrected chi connectivity index (χ0v) is 7.79. The van der Waals surface area contributed by atoms with E-state index in [0.717, 1.165) is 17.5 Å². The van der Waals surface area contributed by atoms with Crippen LogP contribution in [0.15, 0.2) is 18.5 Å². The number of hydrogen-bond acceptors (Lipinski definition) is 3. The molecule has 3 heteroatoms. The van der Waals surface area contributed by atoms with Crippen LogP contribution in [0.1, 0.15) is 28.8 Å². The van der Waals surface area contributed by atoms with Crippen molar-refractivity contribution >= 4 is 5.78 Å². The maximum Gasteiger partial charge on any atom is 0.164 e. The first kappa shape index (κ1) is 9.86. The van der Waals surface area contributed by atoms with Crippen molar-refractivity contribution in [3.63, 3.8) is 0 Å². The van der Waals surface area contributed by atoms with E-state index in [4.69, 9.17) is 5.73 Å². The molecule has 13 heavy (non-hydrogen) atoms. The van der Waals surface area contributed by atoms with Gasteiger partial charge in [0.1, 0.15) is 0 Å². The average molecular weight is 178 g/mol. The van der Waals surface area contributed by atoms with Crippen molar-refractivity contribution < 1.29 is 4.79 Å². The third-order valence-electron chi connectivity index (χ3n) is 1.95. The summed E-state index contributed by atoms with van der Waals surface area (Å²) in [7, 11) is 0. The quantitative estimate of drug-likeness (QED) is 0.707. The predicted molar refractivity (Wildman–Crippen MR) is 51.6 cm³/mol. The molecule has 0 fully saturated rings. The number of carbonyl (C=O) groups excluding carboxylic acids is 1. The predicted octanol–water partition coefficient (Wildman–Crippen LogP) is 1.31. The maximum absolute atomic E-state index is 11.5. The first-order valence-electron chi connectivity index (χ1n) is 4.39. The summed E-state index contributed by atoms with van der Waals surface area (Å²) in [5, 5.41) is 0. The van der Waals surface area contributed by atoms with Crippen LogP contribution in [0.3, 0.4) is 0 Å². The molecular weight excluding hydrogens is 164 g/mol. The molecule has 1 aromatic heterocycles. The van der Waals surface area contributed by atoms with Crippen molar-refractivity contribution in [1.82, 2.24) is 4.98 Å². The highest BCUT2D eigenvalue weighted by Crippen LogP contribution is 2.08. The Morgan fingerprint density at radius 3 is 3.00 bits per heavy atom. The Morgan fingerprint density at radius 1 is 1.62 bits per heavy atom. The molecule has 1 aromatic rings. The average Bonchev–Trinajstić information content (AvgIpc) is 2.15. The molecular formula is C10H14N2O. The summed E-state index contributed by atoms with van der Waals surface area (Å²) in [6, 6.07) is 1.84. The standard InChI is InChI=1S/C10H14N2O/c1-8-4-6-12-7-9(8)10(13)3-2-5-11/h4,6-7H,2-3,5,11H2,1H3. The number of carbonyl (C=O) groups is 1. The minimum Gasteiger partial charge on any atom is -0.330 e. The molecule has 0 saturated heterocycles. The van der Waals surface area contributed by atoms with E-state index in [2.05, 4.69) is 4.98 Å². The van der Waals surface area contributed by atoms with Crippen molar-refractivity contribution in [3.8, 4) is 0 Å². The van der Waals surface area contributed by atoms with Gasteiger partial charge in [-0.1, -0.05) is 0 Å². The van der Waals surface area contributed by atoms with Crippen LogP contribution >= 0.6 is 0 Å². The first-order valence-corrected chi connectivity index (χ1v) is 4.39. The van der Waals surface area contributed by atoms with Gasteiger partial charge in [0.05, 0.1) is 0 Å². The molecule has 0 amide bonds. The Hall–Kier alpha value is -1.22. The van der Waals surface area contributed by atoms with Crippen molar-refractivity contribution in [2.24, 2.45) is 5.73 Å². The second-order valence-corrected chi connectivity index (χ2v) is 3.01. The van der Waals surface area contributed by atoms with Crippen molar-refractivity contribution in [1.29, 1.82) is 0 Å². The van der Waals surface area contributed by atoms with E-state index < -0.39 is 0 Å². The number of hydrogen-bond donors (Lipinski definition) is 1. The molecule has 0 bridgehead atoms. The number of rotatable bonds is 4. The third kappa shape index (κ3) is 2.63. The van der Waals surface area contributed by atoms with Gasteiger partial charge in [-0.05, 0) is 31.5 Å². The van der Waals surface area contributed by atoms with Gasteiger partial charge in [-0.15, -0.1) is 0 Å². The zero-order chi connectivity index (χ0) is 9.68. The van der Waals surface area contributed by atoms with Crippen LogP contribution in [0, 0.1) is 6.92 Å². The van der Waals surface area contributed by atoms with Gasteiger partial charge in [-0.25, -0.2) is 0 Å². The molecule has 1 heterocycles. The zero-order valence-electron chi connectivity index (χ0n) is 7.79. The molecule has 2 N–H and O–H groups in total. The molecule has 70 valence electrons. The molecule has 1 rings (SSSR count). The highest BCUT2D eigenvalue weighted by molar-refractivity contribution is 5.97. The van der Waals surface area contributed by atoms with Crippen LogP contribution in [0.25, 0.3) is 0 Å². The summed E-state index contributed by atoms with van der Waals surface area (Å²) in [6.07, 6.45) is 4.57. The van der Waals surface area contributed by atoms with Gasteiger partial charge >= 0.3 is 0 Å². The van der Waals surface area contributed by atoms with Crippen molar-refractivity contribution in [2.75, 3.05) is 6.54 Å². The number of nitrogens with zero attached hydrogens (tertiary/aromatic N) is 1. The van der Waals surface area contributed by atoms with Crippen molar-refractivity contribution in [3.05, 3.63) is 29.6 Å². The smallest absolute Gasteiger partial charge is 0.164 e. The van der Waals surface area contributed by atoms with E-state index in [1.807, 2.05) is 13.0 Å². The number of aromatic nitrogens is 1. The summed E-state index contributed by atoms with van der Waals surface area (Å²) in [5.41, 5.74) is 7.03. The maximum atomic E-state index is 11.5. The Bertz CT molecular complexity index is 297. The summed E-state index contributed by atoms with van der Waals surface area (Å²) in [4.78, 5) is 15.5. The topological polar surface area (TPSA) is 56.0 Å². The Morgan fingerprint density at radius 2 is 2.38 bits per heavy atom. The fraction of sp³-hybridized carbons (Fsp3) is 0.400. The van der Waals surface area contributed by atoms with Crippen LogP contribution < -0.4 is 5.73 Å². The fourth-order valence-corrected chi connectivity index (χ4v) is 1.15. The molecule has 0 atom stereocenters. The minimum absolute atomic E-state index is 0.135. The van der Waals surface area contributed by atoms with E-state index in [-0.39, 0.29) is 5.78 Å². The highest BCUT2D eigenvalue weighted by atomic mass is 16.1. The summed E-state index contributed by atoms with van der Waals surface area (Å²) < 4.78 is 0. The summed E-state index contributed by atoms with van der Waals surface area (Å²) >= 11 is 0. The second kappa shape index (κ2) is 4.72. The van der Waals surface area contributed by atoms with E-state index in [1.54, 1.807) is 12.4 Å². The number of pyridine rings is 1. The van der Waals surface area contributed by atoms with Crippen LogP contribution in [-0.4, -0.2) is 17.3 Å². The van der Waals surface area contributed by atoms with Gasteiger partial charge in [0.2, 0.25) is 0 Å². The van der Waals surface area contributed by atoms with Crippen LogP contribution in [0.2, 0.25) is 0 Å². The summed E-state index contributed by atoms with van der Waals surface area (Å²) in [6.45, 7) is 2.47. The largest absolute Gasteiger partial charge is 0.330 e. The van der Waals surface area contributed by atoms with Crippen LogP contribution in [0.5, 0.6) is 0 Å². The molecule has 0 aliphatic rings. The van der Waals surface area contributed by atoms with Gasteiger partial charge in [0, 0.05) is 24.4 Å². The van der Waals surface area contributed by atoms with Gasteiger partial charge in [0.25, 0.3) is 0 Å². The van der Waals surface area contributed by atoms with Gasteiger partial charge < -0.3 is 5.73 Å². The molecule has 0 spiro atoms. The lowest BCUT2D eigenvalue weighted by molar-refractivity contribution is 0.0980. The highest BCUT2D eigenvalue weighted by Gasteiger charge is 2.07. The fourth-order valence-electron chi connectivity index (χ4n) is 1.15. The van der Waals surface area contributed by atoms with Gasteiger partial charge in [-0.2, -0.15) is 0 Å². The lowest BCUT2D eigenvalue weighted by Gasteiger charge is -2.02. The number of aryl methyl sites for hydroxylation is 1. The third-order valence-corrected chi connectivity index (χ3v) is 1.95. The number of ketones is 1. The second-order valence-electron chi connectivity index (χ2n) is 3.01. The summed E-state index contributed by atoms with van der Waals surface area (Å²) in [5.74, 6) is 0.135. The Kier molecular flexibility index (Phi) is 3.58. The SMILES string of the molecule is Cc1ccncc1C(=O)CCCN. The number of Topliss-reactive ketones (excluding diaryl/α,β-unsaturated/α-hetero) is 1. The molecule has 0 saturated carbocycles. The molecule has 3 nitrogen and oxygen atoms in total. The molecule has 0 aliphatic heterocycles. The molecule has 0 aromatic carbocycles. The lowest BCUT2D eigenvalue weighted by Crippen LogP contribution is -2.06. The normalized spacial score (nSPS) is 10.0. The number of nitrogens with two attached hydrogens (primary N) is 1. The van der Waals surface area contributed by atoms with E-state index >= 15 is 0 Å². The molecule has 0 unspecified atom stereocenters. The van der Waals surface area contributed by atoms with E-state index in [9.17, 15) is 4.79 Å². The lowest BCUT2D eigenvalue weighted by atomic mass is 10.0. The first-order chi connectivity index (χ1) is 6.25. The van der Waals surface area contributed by atoms with Crippen LogP contribution in [-0.2, 0) is 0 Å². The Labute approximate surface area is 78.0 Å². The molecule has 0 radical (unpaired) electrons.